The zero-order valence-electron chi connectivity index (χ0n) is 13.7. The van der Waals surface area contributed by atoms with Crippen molar-refractivity contribution >= 4 is 57.1 Å². The monoisotopic (exact) mass is 406 g/mol. The molecule has 0 saturated carbocycles. The predicted octanol–water partition coefficient (Wildman–Crippen LogP) is 4.67. The van der Waals surface area contributed by atoms with Gasteiger partial charge in [-0.2, -0.15) is 0 Å². The molecule has 6 nitrogen and oxygen atoms in total. The van der Waals surface area contributed by atoms with Crippen molar-refractivity contribution in [3.63, 3.8) is 0 Å². The maximum absolute atomic E-state index is 12.0. The fourth-order valence-corrected chi connectivity index (χ4v) is 3.83. The lowest BCUT2D eigenvalue weighted by molar-refractivity contribution is -0.113. The van der Waals surface area contributed by atoms with E-state index in [0.29, 0.717) is 20.2 Å². The molecule has 0 aliphatic carbocycles. The van der Waals surface area contributed by atoms with Gasteiger partial charge in [-0.05, 0) is 30.3 Å². The van der Waals surface area contributed by atoms with Crippen molar-refractivity contribution in [3.8, 4) is 5.75 Å². The Bertz CT molecular complexity index is 904. The van der Waals surface area contributed by atoms with Crippen LogP contribution in [0, 0.1) is 0 Å². The zero-order chi connectivity index (χ0) is 18.4. The minimum Gasteiger partial charge on any atom is -0.495 e. The van der Waals surface area contributed by atoms with E-state index in [9.17, 15) is 4.79 Å². The zero-order valence-corrected chi connectivity index (χ0v) is 16.1. The van der Waals surface area contributed by atoms with Gasteiger partial charge in [0.25, 0.3) is 0 Å². The van der Waals surface area contributed by atoms with Crippen molar-refractivity contribution in [2.24, 2.45) is 0 Å². The quantitative estimate of drug-likeness (QED) is 0.555. The molecular weight excluding hydrogens is 392 g/mol. The average Bonchev–Trinajstić information content (AvgIpc) is 3.08. The molecule has 0 fully saturated rings. The van der Waals surface area contributed by atoms with Gasteiger partial charge in [0, 0.05) is 10.7 Å². The lowest BCUT2D eigenvalue weighted by atomic mass is 10.3. The predicted molar refractivity (Wildman–Crippen MR) is 107 cm³/mol. The van der Waals surface area contributed by atoms with Crippen LogP contribution in [0.1, 0.15) is 0 Å². The smallest absolute Gasteiger partial charge is 0.234 e. The number of carbonyl (C=O) groups excluding carboxylic acids is 1. The molecule has 0 atom stereocenters. The van der Waals surface area contributed by atoms with Gasteiger partial charge in [-0.3, -0.25) is 4.79 Å². The van der Waals surface area contributed by atoms with Crippen molar-refractivity contribution in [1.82, 2.24) is 10.2 Å². The van der Waals surface area contributed by atoms with Gasteiger partial charge in [-0.25, -0.2) is 0 Å². The summed E-state index contributed by atoms with van der Waals surface area (Å²) in [6.45, 7) is 0. The normalized spacial score (nSPS) is 10.4. The summed E-state index contributed by atoms with van der Waals surface area (Å²) >= 11 is 8.60. The molecule has 2 aromatic carbocycles. The Morgan fingerprint density at radius 3 is 2.88 bits per heavy atom. The average molecular weight is 407 g/mol. The SMILES string of the molecule is COc1ccccc1Nc1nnc(SCC(=O)Nc2cccc(Cl)c2)s1. The first-order valence-corrected chi connectivity index (χ1v) is 9.74. The second-order valence-corrected chi connectivity index (χ2v) is 7.68. The van der Waals surface area contributed by atoms with Crippen LogP contribution in [0.3, 0.4) is 0 Å². The third-order valence-electron chi connectivity index (χ3n) is 3.19. The Kier molecular flexibility index (Phi) is 6.32. The summed E-state index contributed by atoms with van der Waals surface area (Å²) in [6.07, 6.45) is 0. The van der Waals surface area contributed by atoms with E-state index < -0.39 is 0 Å². The number of aromatic nitrogens is 2. The standard InChI is InChI=1S/C17H15ClN4O2S2/c1-24-14-8-3-2-7-13(14)20-16-21-22-17(26-16)25-10-15(23)19-12-6-4-5-11(18)9-12/h2-9H,10H2,1H3,(H,19,23)(H,20,21). The van der Waals surface area contributed by atoms with Gasteiger partial charge < -0.3 is 15.4 Å². The van der Waals surface area contributed by atoms with Crippen LogP contribution < -0.4 is 15.4 Å². The molecule has 0 aliphatic rings. The van der Waals surface area contributed by atoms with E-state index in [1.165, 1.54) is 23.1 Å². The van der Waals surface area contributed by atoms with Crippen LogP contribution in [-0.2, 0) is 4.79 Å². The van der Waals surface area contributed by atoms with Crippen LogP contribution in [-0.4, -0.2) is 29.0 Å². The highest BCUT2D eigenvalue weighted by molar-refractivity contribution is 8.01. The minimum absolute atomic E-state index is 0.133. The first-order valence-electron chi connectivity index (χ1n) is 7.56. The van der Waals surface area contributed by atoms with Crippen LogP contribution in [0.5, 0.6) is 5.75 Å². The lowest BCUT2D eigenvalue weighted by Gasteiger charge is -2.07. The summed E-state index contributed by atoms with van der Waals surface area (Å²) in [7, 11) is 1.61. The Morgan fingerprint density at radius 1 is 1.23 bits per heavy atom. The number of amides is 1. The fraction of sp³-hybridized carbons (Fsp3) is 0.118. The van der Waals surface area contributed by atoms with Crippen LogP contribution >= 0.6 is 34.7 Å². The molecule has 0 bridgehead atoms. The number of methoxy groups -OCH3 is 1. The Hall–Kier alpha value is -2.29. The topological polar surface area (TPSA) is 76.1 Å². The van der Waals surface area contributed by atoms with Gasteiger partial charge in [-0.1, -0.05) is 52.9 Å². The molecule has 3 rings (SSSR count). The number of nitrogens with one attached hydrogen (secondary N) is 2. The third-order valence-corrected chi connectivity index (χ3v) is 5.40. The molecule has 0 saturated heterocycles. The first kappa shape index (κ1) is 18.5. The summed E-state index contributed by atoms with van der Waals surface area (Å²) in [5, 5.41) is 15.4. The highest BCUT2D eigenvalue weighted by Gasteiger charge is 2.10. The largest absolute Gasteiger partial charge is 0.495 e. The lowest BCUT2D eigenvalue weighted by Crippen LogP contribution is -2.13. The summed E-state index contributed by atoms with van der Waals surface area (Å²) < 4.78 is 5.99. The number of anilines is 3. The van der Waals surface area contributed by atoms with Gasteiger partial charge in [0.15, 0.2) is 4.34 Å². The third kappa shape index (κ3) is 5.10. The number of ether oxygens (including phenoxy) is 1. The van der Waals surface area contributed by atoms with Crippen molar-refractivity contribution < 1.29 is 9.53 Å². The second kappa shape index (κ2) is 8.88. The molecule has 0 unspecified atom stereocenters. The number of carbonyl (C=O) groups is 1. The molecule has 26 heavy (non-hydrogen) atoms. The summed E-state index contributed by atoms with van der Waals surface area (Å²) in [6, 6.07) is 14.6. The van der Waals surface area contributed by atoms with Gasteiger partial charge in [0.1, 0.15) is 5.75 Å². The molecule has 0 spiro atoms. The molecule has 0 radical (unpaired) electrons. The van der Waals surface area contributed by atoms with Crippen LogP contribution in [0.4, 0.5) is 16.5 Å². The molecule has 134 valence electrons. The number of nitrogens with zero attached hydrogens (tertiary/aromatic N) is 2. The van der Waals surface area contributed by atoms with Crippen molar-refractivity contribution in [1.29, 1.82) is 0 Å². The number of hydrogen-bond donors (Lipinski definition) is 2. The van der Waals surface area contributed by atoms with E-state index in [2.05, 4.69) is 20.8 Å². The van der Waals surface area contributed by atoms with Crippen LogP contribution in [0.25, 0.3) is 0 Å². The summed E-state index contributed by atoms with van der Waals surface area (Å²) in [4.78, 5) is 12.0. The Balaban J connectivity index is 1.54. The van der Waals surface area contributed by atoms with Gasteiger partial charge >= 0.3 is 0 Å². The number of thioether (sulfide) groups is 1. The fourth-order valence-electron chi connectivity index (χ4n) is 2.07. The molecule has 1 heterocycles. The van der Waals surface area contributed by atoms with Crippen molar-refractivity contribution in [2.45, 2.75) is 4.34 Å². The number of rotatable bonds is 7. The van der Waals surface area contributed by atoms with E-state index in [4.69, 9.17) is 16.3 Å². The maximum Gasteiger partial charge on any atom is 0.234 e. The van der Waals surface area contributed by atoms with E-state index in [-0.39, 0.29) is 11.7 Å². The van der Waals surface area contributed by atoms with Crippen molar-refractivity contribution in [3.05, 3.63) is 53.6 Å². The number of benzene rings is 2. The van der Waals surface area contributed by atoms with E-state index in [1.54, 1.807) is 31.4 Å². The van der Waals surface area contributed by atoms with E-state index in [1.807, 2.05) is 24.3 Å². The van der Waals surface area contributed by atoms with E-state index >= 15 is 0 Å². The first-order chi connectivity index (χ1) is 12.6. The molecular formula is C17H15ClN4O2S2. The molecule has 0 aliphatic heterocycles. The number of para-hydroxylation sites is 2. The van der Waals surface area contributed by atoms with Crippen molar-refractivity contribution in [2.75, 3.05) is 23.5 Å². The Morgan fingerprint density at radius 2 is 2.08 bits per heavy atom. The maximum atomic E-state index is 12.0. The summed E-state index contributed by atoms with van der Waals surface area (Å²) in [5.41, 5.74) is 1.47. The van der Waals surface area contributed by atoms with Gasteiger partial charge in [-0.15, -0.1) is 10.2 Å². The highest BCUT2D eigenvalue weighted by Crippen LogP contribution is 2.31. The highest BCUT2D eigenvalue weighted by atomic mass is 35.5. The Labute approximate surface area is 163 Å². The van der Waals surface area contributed by atoms with Crippen LogP contribution in [0.2, 0.25) is 5.02 Å². The summed E-state index contributed by atoms with van der Waals surface area (Å²) in [5.74, 6) is 0.819. The second-order valence-electron chi connectivity index (χ2n) is 5.05. The molecule has 2 N–H and O–H groups in total. The van der Waals surface area contributed by atoms with E-state index in [0.717, 1.165) is 11.4 Å². The molecule has 9 heteroatoms. The number of hydrogen-bond acceptors (Lipinski definition) is 7. The minimum atomic E-state index is -0.133. The molecule has 3 aromatic rings. The van der Waals surface area contributed by atoms with Crippen LogP contribution in [0.15, 0.2) is 52.9 Å². The molecule has 1 amide bonds. The number of halogens is 1. The molecule has 1 aromatic heterocycles. The van der Waals surface area contributed by atoms with Gasteiger partial charge in [0.05, 0.1) is 18.6 Å². The van der Waals surface area contributed by atoms with Gasteiger partial charge in [0.2, 0.25) is 11.0 Å².